The summed E-state index contributed by atoms with van der Waals surface area (Å²) in [6.45, 7) is 0.970. The van der Waals surface area contributed by atoms with E-state index >= 15 is 0 Å². The molecule has 20 heavy (non-hydrogen) atoms. The molecule has 6 nitrogen and oxygen atoms in total. The van der Waals surface area contributed by atoms with Gasteiger partial charge in [-0.2, -0.15) is 0 Å². The fraction of sp³-hybridized carbons (Fsp3) is 0.214. The van der Waals surface area contributed by atoms with Gasteiger partial charge in [0.05, 0.1) is 12.3 Å². The van der Waals surface area contributed by atoms with E-state index in [1.54, 1.807) is 0 Å². The van der Waals surface area contributed by atoms with Crippen LogP contribution in [-0.4, -0.2) is 26.2 Å². The van der Waals surface area contributed by atoms with E-state index in [4.69, 9.17) is 10.2 Å². The van der Waals surface area contributed by atoms with Gasteiger partial charge in [-0.1, -0.05) is 24.3 Å². The number of carbonyl (C=O) groups is 1. The van der Waals surface area contributed by atoms with Crippen molar-refractivity contribution in [1.29, 1.82) is 0 Å². The number of benzene rings is 1. The molecular formula is C14H15N3O3. The van der Waals surface area contributed by atoms with Crippen molar-refractivity contribution in [3.63, 3.8) is 0 Å². The van der Waals surface area contributed by atoms with E-state index in [2.05, 4.69) is 15.3 Å². The molecule has 0 aliphatic heterocycles. The highest BCUT2D eigenvalue weighted by Gasteiger charge is 2.10. The summed E-state index contributed by atoms with van der Waals surface area (Å²) in [5.41, 5.74) is 2.47. The second kappa shape index (κ2) is 6.74. The molecule has 0 saturated carbocycles. The monoisotopic (exact) mass is 273 g/mol. The second-order valence-corrected chi connectivity index (χ2v) is 4.27. The molecule has 3 N–H and O–H groups in total. The number of carboxylic acid groups (broad SMARTS) is 1. The van der Waals surface area contributed by atoms with Crippen LogP contribution < -0.4 is 5.32 Å². The lowest BCUT2D eigenvalue weighted by Crippen LogP contribution is -2.17. The molecule has 1 heterocycles. The summed E-state index contributed by atoms with van der Waals surface area (Å²) in [6.07, 6.45) is 2.63. The Morgan fingerprint density at radius 2 is 1.85 bits per heavy atom. The van der Waals surface area contributed by atoms with Crippen LogP contribution >= 0.6 is 0 Å². The Labute approximate surface area is 116 Å². The number of carboxylic acids is 1. The predicted molar refractivity (Wildman–Crippen MR) is 71.9 cm³/mol. The van der Waals surface area contributed by atoms with Crippen molar-refractivity contribution < 1.29 is 15.0 Å². The number of aromatic carboxylic acids is 1. The Morgan fingerprint density at radius 3 is 2.50 bits per heavy atom. The maximum absolute atomic E-state index is 11.0. The molecule has 0 saturated heterocycles. The molecule has 0 aliphatic carbocycles. The van der Waals surface area contributed by atoms with Gasteiger partial charge in [0.1, 0.15) is 11.9 Å². The maximum Gasteiger partial charge on any atom is 0.339 e. The van der Waals surface area contributed by atoms with Crippen LogP contribution in [0.3, 0.4) is 0 Å². The van der Waals surface area contributed by atoms with Gasteiger partial charge in [-0.05, 0) is 11.1 Å². The highest BCUT2D eigenvalue weighted by molar-refractivity contribution is 5.88. The Bertz CT molecular complexity index is 584. The van der Waals surface area contributed by atoms with Crippen molar-refractivity contribution in [2.75, 3.05) is 0 Å². The SMILES string of the molecule is O=C(O)c1cncnc1CNCc1ccc(CO)cc1. The van der Waals surface area contributed by atoms with E-state index in [1.807, 2.05) is 24.3 Å². The Balaban J connectivity index is 1.94. The summed E-state index contributed by atoms with van der Waals surface area (Å²) in [5, 5.41) is 21.1. The fourth-order valence-electron chi connectivity index (χ4n) is 1.76. The van der Waals surface area contributed by atoms with Crippen molar-refractivity contribution >= 4 is 5.97 Å². The van der Waals surface area contributed by atoms with Gasteiger partial charge >= 0.3 is 5.97 Å². The molecule has 6 heteroatoms. The lowest BCUT2D eigenvalue weighted by Gasteiger charge is -2.07. The average Bonchev–Trinajstić information content (AvgIpc) is 2.48. The minimum atomic E-state index is -1.03. The molecule has 0 spiro atoms. The first-order valence-corrected chi connectivity index (χ1v) is 6.12. The Morgan fingerprint density at radius 1 is 1.15 bits per heavy atom. The summed E-state index contributed by atoms with van der Waals surface area (Å²) in [5.74, 6) is -1.03. The zero-order valence-electron chi connectivity index (χ0n) is 10.8. The number of hydrogen-bond acceptors (Lipinski definition) is 5. The van der Waals surface area contributed by atoms with E-state index < -0.39 is 5.97 Å². The molecular weight excluding hydrogens is 258 g/mol. The van der Waals surface area contributed by atoms with E-state index in [0.29, 0.717) is 18.8 Å². The van der Waals surface area contributed by atoms with Gasteiger partial charge in [0.25, 0.3) is 0 Å². The fourth-order valence-corrected chi connectivity index (χ4v) is 1.76. The van der Waals surface area contributed by atoms with Gasteiger partial charge in [-0.25, -0.2) is 14.8 Å². The molecule has 0 aliphatic rings. The first-order chi connectivity index (χ1) is 9.70. The molecule has 0 radical (unpaired) electrons. The number of aromatic nitrogens is 2. The number of nitrogens with zero attached hydrogens (tertiary/aromatic N) is 2. The van der Waals surface area contributed by atoms with Gasteiger partial charge in [-0.3, -0.25) is 0 Å². The number of aliphatic hydroxyl groups excluding tert-OH is 1. The van der Waals surface area contributed by atoms with Crippen molar-refractivity contribution in [3.8, 4) is 0 Å². The maximum atomic E-state index is 11.0. The zero-order chi connectivity index (χ0) is 14.4. The second-order valence-electron chi connectivity index (χ2n) is 4.27. The largest absolute Gasteiger partial charge is 0.478 e. The molecule has 104 valence electrons. The summed E-state index contributed by atoms with van der Waals surface area (Å²) in [4.78, 5) is 18.7. The van der Waals surface area contributed by atoms with Crippen LogP contribution in [0.15, 0.2) is 36.8 Å². The highest BCUT2D eigenvalue weighted by Crippen LogP contribution is 2.06. The van der Waals surface area contributed by atoms with Gasteiger partial charge in [0.2, 0.25) is 0 Å². The van der Waals surface area contributed by atoms with E-state index in [0.717, 1.165) is 11.1 Å². The summed E-state index contributed by atoms with van der Waals surface area (Å²) in [7, 11) is 0. The summed E-state index contributed by atoms with van der Waals surface area (Å²) < 4.78 is 0. The van der Waals surface area contributed by atoms with Gasteiger partial charge in [0.15, 0.2) is 0 Å². The van der Waals surface area contributed by atoms with Crippen molar-refractivity contribution in [2.45, 2.75) is 19.7 Å². The van der Waals surface area contributed by atoms with Crippen molar-refractivity contribution in [3.05, 3.63) is 59.2 Å². The lowest BCUT2D eigenvalue weighted by molar-refractivity contribution is 0.0694. The number of rotatable bonds is 6. The Hall–Kier alpha value is -2.31. The third-order valence-electron chi connectivity index (χ3n) is 2.85. The molecule has 0 bridgehead atoms. The molecule has 2 aromatic rings. The van der Waals surface area contributed by atoms with Crippen LogP contribution in [0.4, 0.5) is 0 Å². The quantitative estimate of drug-likeness (QED) is 0.725. The molecule has 0 fully saturated rings. The average molecular weight is 273 g/mol. The standard InChI is InChI=1S/C14H15N3O3/c18-8-11-3-1-10(2-4-11)5-15-7-13-12(14(19)20)6-16-9-17-13/h1-4,6,9,15,18H,5,7-8H2,(H,19,20). The van der Waals surface area contributed by atoms with Crippen LogP contribution in [0, 0.1) is 0 Å². The highest BCUT2D eigenvalue weighted by atomic mass is 16.4. The molecule has 0 atom stereocenters. The summed E-state index contributed by atoms with van der Waals surface area (Å²) in [6, 6.07) is 7.53. The third kappa shape index (κ3) is 3.59. The van der Waals surface area contributed by atoms with Crippen LogP contribution in [0.2, 0.25) is 0 Å². The number of nitrogens with one attached hydrogen (secondary N) is 1. The van der Waals surface area contributed by atoms with Crippen LogP contribution in [0.25, 0.3) is 0 Å². The smallest absolute Gasteiger partial charge is 0.339 e. The minimum Gasteiger partial charge on any atom is -0.478 e. The number of hydrogen-bond donors (Lipinski definition) is 3. The summed E-state index contributed by atoms with van der Waals surface area (Å²) >= 11 is 0. The lowest BCUT2D eigenvalue weighted by atomic mass is 10.1. The van der Waals surface area contributed by atoms with Gasteiger partial charge in [0, 0.05) is 19.3 Å². The van der Waals surface area contributed by atoms with E-state index in [9.17, 15) is 4.79 Å². The van der Waals surface area contributed by atoms with Crippen molar-refractivity contribution in [1.82, 2.24) is 15.3 Å². The molecule has 0 unspecified atom stereocenters. The zero-order valence-corrected chi connectivity index (χ0v) is 10.8. The molecule has 1 aromatic carbocycles. The first kappa shape index (κ1) is 14.1. The van der Waals surface area contributed by atoms with Crippen LogP contribution in [0.1, 0.15) is 27.2 Å². The van der Waals surface area contributed by atoms with Gasteiger partial charge in [-0.15, -0.1) is 0 Å². The Kier molecular flexibility index (Phi) is 4.75. The van der Waals surface area contributed by atoms with Crippen LogP contribution in [-0.2, 0) is 19.7 Å². The minimum absolute atomic E-state index is 0.0244. The topological polar surface area (TPSA) is 95.3 Å². The van der Waals surface area contributed by atoms with Crippen LogP contribution in [0.5, 0.6) is 0 Å². The first-order valence-electron chi connectivity index (χ1n) is 6.12. The van der Waals surface area contributed by atoms with E-state index in [-0.39, 0.29) is 12.2 Å². The molecule has 1 aromatic heterocycles. The number of aliphatic hydroxyl groups is 1. The molecule has 0 amide bonds. The van der Waals surface area contributed by atoms with E-state index in [1.165, 1.54) is 12.5 Å². The van der Waals surface area contributed by atoms with Gasteiger partial charge < -0.3 is 15.5 Å². The normalized spacial score (nSPS) is 10.4. The predicted octanol–water partition coefficient (Wildman–Crippen LogP) is 0.957. The molecule has 2 rings (SSSR count). The van der Waals surface area contributed by atoms with Crippen molar-refractivity contribution in [2.24, 2.45) is 0 Å². The third-order valence-corrected chi connectivity index (χ3v) is 2.85.